The van der Waals surface area contributed by atoms with Gasteiger partial charge in [-0.25, -0.2) is 4.79 Å². The average molecular weight is 290 g/mol. The first kappa shape index (κ1) is 15.8. The number of hydrogen-bond donors (Lipinski definition) is 1. The van der Waals surface area contributed by atoms with Crippen molar-refractivity contribution in [2.45, 2.75) is 46.0 Å². The third-order valence-corrected chi connectivity index (χ3v) is 4.14. The van der Waals surface area contributed by atoms with Crippen LogP contribution in [-0.2, 0) is 6.42 Å². The molecule has 0 aromatic heterocycles. The Bertz CT molecular complexity index is 469. The normalized spacial score (nSPS) is 16.5. The number of primary amides is 1. The van der Waals surface area contributed by atoms with Crippen molar-refractivity contribution in [2.75, 3.05) is 19.6 Å². The number of carbonyl (C=O) groups is 1. The van der Waals surface area contributed by atoms with Gasteiger partial charge in [0.1, 0.15) is 5.75 Å². The van der Waals surface area contributed by atoms with E-state index in [-0.39, 0.29) is 0 Å². The highest BCUT2D eigenvalue weighted by Gasteiger charge is 2.12. The van der Waals surface area contributed by atoms with Gasteiger partial charge in [0.05, 0.1) is 0 Å². The first-order valence-corrected chi connectivity index (χ1v) is 7.86. The molecule has 0 radical (unpaired) electrons. The first-order valence-electron chi connectivity index (χ1n) is 7.86. The zero-order valence-electron chi connectivity index (χ0n) is 13.2. The lowest BCUT2D eigenvalue weighted by molar-refractivity contribution is 0.210. The zero-order chi connectivity index (χ0) is 15.2. The van der Waals surface area contributed by atoms with Crippen LogP contribution in [0.4, 0.5) is 4.79 Å². The average Bonchev–Trinajstić information content (AvgIpc) is 2.69. The third kappa shape index (κ3) is 4.74. The molecule has 0 aliphatic carbocycles. The quantitative estimate of drug-likeness (QED) is 0.926. The van der Waals surface area contributed by atoms with E-state index in [0.717, 1.165) is 24.1 Å². The van der Waals surface area contributed by atoms with Gasteiger partial charge in [-0.15, -0.1) is 0 Å². The lowest BCUT2D eigenvalue weighted by Crippen LogP contribution is -2.27. The molecule has 1 saturated heterocycles. The van der Waals surface area contributed by atoms with Crippen LogP contribution in [0.5, 0.6) is 5.75 Å². The fraction of sp³-hybridized carbons (Fsp3) is 0.588. The number of benzene rings is 1. The Hall–Kier alpha value is -1.55. The molecule has 0 unspecified atom stereocenters. The second kappa shape index (κ2) is 7.46. The fourth-order valence-corrected chi connectivity index (χ4v) is 3.09. The van der Waals surface area contributed by atoms with Crippen molar-refractivity contribution in [3.63, 3.8) is 0 Å². The maximum atomic E-state index is 10.9. The third-order valence-electron chi connectivity index (χ3n) is 4.14. The summed E-state index contributed by atoms with van der Waals surface area (Å²) in [7, 11) is 0. The van der Waals surface area contributed by atoms with Gasteiger partial charge in [-0.05, 0) is 62.9 Å². The van der Waals surface area contributed by atoms with Crippen LogP contribution in [0.25, 0.3) is 0 Å². The first-order chi connectivity index (χ1) is 10.1. The Labute approximate surface area is 127 Å². The van der Waals surface area contributed by atoms with E-state index < -0.39 is 6.09 Å². The van der Waals surface area contributed by atoms with Gasteiger partial charge in [0, 0.05) is 6.54 Å². The Balaban J connectivity index is 1.98. The van der Waals surface area contributed by atoms with Gasteiger partial charge in [0.15, 0.2) is 0 Å². The summed E-state index contributed by atoms with van der Waals surface area (Å²) in [5.41, 5.74) is 8.34. The Morgan fingerprint density at radius 1 is 1.14 bits per heavy atom. The van der Waals surface area contributed by atoms with Gasteiger partial charge in [-0.2, -0.15) is 0 Å². The van der Waals surface area contributed by atoms with E-state index in [0.29, 0.717) is 5.75 Å². The van der Waals surface area contributed by atoms with Gasteiger partial charge in [-0.3, -0.25) is 0 Å². The monoisotopic (exact) mass is 290 g/mol. The summed E-state index contributed by atoms with van der Waals surface area (Å²) in [4.78, 5) is 13.5. The molecular weight excluding hydrogens is 264 g/mol. The van der Waals surface area contributed by atoms with Crippen molar-refractivity contribution in [1.29, 1.82) is 0 Å². The molecule has 116 valence electrons. The highest BCUT2D eigenvalue weighted by Crippen LogP contribution is 2.25. The summed E-state index contributed by atoms with van der Waals surface area (Å²) in [6, 6.07) is 4.20. The van der Waals surface area contributed by atoms with Gasteiger partial charge >= 0.3 is 6.09 Å². The molecule has 1 aromatic carbocycles. The van der Waals surface area contributed by atoms with E-state index >= 15 is 0 Å². The number of hydrogen-bond acceptors (Lipinski definition) is 3. The van der Waals surface area contributed by atoms with Gasteiger partial charge < -0.3 is 15.4 Å². The molecule has 1 fully saturated rings. The molecule has 1 aliphatic rings. The fourth-order valence-electron chi connectivity index (χ4n) is 3.09. The highest BCUT2D eigenvalue weighted by molar-refractivity contribution is 5.69. The minimum absolute atomic E-state index is 0.598. The predicted molar refractivity (Wildman–Crippen MR) is 84.7 cm³/mol. The second-order valence-electron chi connectivity index (χ2n) is 5.99. The Morgan fingerprint density at radius 2 is 1.71 bits per heavy atom. The molecule has 4 heteroatoms. The van der Waals surface area contributed by atoms with Crippen molar-refractivity contribution in [1.82, 2.24) is 4.90 Å². The molecule has 1 aromatic rings. The summed E-state index contributed by atoms with van der Waals surface area (Å²) < 4.78 is 5.07. The summed E-state index contributed by atoms with van der Waals surface area (Å²) in [6.45, 7) is 7.47. The van der Waals surface area contributed by atoms with Crippen molar-refractivity contribution in [3.05, 3.63) is 28.8 Å². The molecule has 2 rings (SSSR count). The maximum absolute atomic E-state index is 10.9. The molecule has 21 heavy (non-hydrogen) atoms. The van der Waals surface area contributed by atoms with Crippen LogP contribution in [0, 0.1) is 13.8 Å². The largest absolute Gasteiger partial charge is 0.410 e. The maximum Gasteiger partial charge on any atom is 0.409 e. The van der Waals surface area contributed by atoms with Crippen molar-refractivity contribution >= 4 is 6.09 Å². The van der Waals surface area contributed by atoms with Crippen LogP contribution in [0.15, 0.2) is 12.1 Å². The van der Waals surface area contributed by atoms with E-state index in [1.165, 1.54) is 44.3 Å². The van der Waals surface area contributed by atoms with Crippen LogP contribution in [-0.4, -0.2) is 30.6 Å². The summed E-state index contributed by atoms with van der Waals surface area (Å²) >= 11 is 0. The molecule has 4 nitrogen and oxygen atoms in total. The van der Waals surface area contributed by atoms with E-state index in [4.69, 9.17) is 10.5 Å². The molecule has 0 atom stereocenters. The van der Waals surface area contributed by atoms with Crippen LogP contribution in [0.1, 0.15) is 42.4 Å². The zero-order valence-corrected chi connectivity index (χ0v) is 13.2. The number of nitrogens with zero attached hydrogens (tertiary/aromatic N) is 1. The minimum atomic E-state index is -0.751. The van der Waals surface area contributed by atoms with E-state index in [9.17, 15) is 4.79 Å². The Morgan fingerprint density at radius 3 is 2.24 bits per heavy atom. The summed E-state index contributed by atoms with van der Waals surface area (Å²) in [6.07, 6.45) is 5.67. The molecule has 1 amide bonds. The standard InChI is InChI=1S/C17H26N2O2/c1-13-11-15(12-14(2)16(13)21-17(18)20)7-10-19-8-5-3-4-6-9-19/h11-12H,3-10H2,1-2H3,(H2,18,20). The van der Waals surface area contributed by atoms with Gasteiger partial charge in [0.2, 0.25) is 0 Å². The highest BCUT2D eigenvalue weighted by atomic mass is 16.5. The summed E-state index contributed by atoms with van der Waals surface area (Å²) in [5.74, 6) is 0.598. The number of ether oxygens (including phenoxy) is 1. The number of rotatable bonds is 4. The molecule has 0 saturated carbocycles. The van der Waals surface area contributed by atoms with E-state index in [2.05, 4.69) is 17.0 Å². The molecule has 1 heterocycles. The number of likely N-dealkylation sites (tertiary alicyclic amines) is 1. The SMILES string of the molecule is Cc1cc(CCN2CCCCCC2)cc(C)c1OC(N)=O. The number of aryl methyl sites for hydroxylation is 2. The molecule has 0 bridgehead atoms. The minimum Gasteiger partial charge on any atom is -0.410 e. The van der Waals surface area contributed by atoms with Crippen LogP contribution in [0.2, 0.25) is 0 Å². The lowest BCUT2D eigenvalue weighted by atomic mass is 10.0. The predicted octanol–water partition coefficient (Wildman–Crippen LogP) is 3.18. The molecule has 1 aliphatic heterocycles. The van der Waals surface area contributed by atoms with Crippen molar-refractivity contribution < 1.29 is 9.53 Å². The van der Waals surface area contributed by atoms with Crippen molar-refractivity contribution in [2.24, 2.45) is 5.73 Å². The van der Waals surface area contributed by atoms with Gasteiger partial charge in [0.25, 0.3) is 0 Å². The second-order valence-corrected chi connectivity index (χ2v) is 5.99. The van der Waals surface area contributed by atoms with Crippen molar-refractivity contribution in [3.8, 4) is 5.75 Å². The topological polar surface area (TPSA) is 55.6 Å². The summed E-state index contributed by atoms with van der Waals surface area (Å²) in [5, 5.41) is 0. The van der Waals surface area contributed by atoms with Crippen LogP contribution < -0.4 is 10.5 Å². The van der Waals surface area contributed by atoms with Crippen LogP contribution in [0.3, 0.4) is 0 Å². The number of nitrogens with two attached hydrogens (primary N) is 1. The molecular formula is C17H26N2O2. The lowest BCUT2D eigenvalue weighted by Gasteiger charge is -2.20. The van der Waals surface area contributed by atoms with E-state index in [1.54, 1.807) is 0 Å². The molecule has 0 spiro atoms. The van der Waals surface area contributed by atoms with Gasteiger partial charge in [-0.1, -0.05) is 25.0 Å². The van der Waals surface area contributed by atoms with Crippen LogP contribution >= 0.6 is 0 Å². The smallest absolute Gasteiger partial charge is 0.409 e. The number of carbonyl (C=O) groups excluding carboxylic acids is 1. The Kier molecular flexibility index (Phi) is 5.62. The van der Waals surface area contributed by atoms with E-state index in [1.807, 2.05) is 13.8 Å². The number of amides is 1. The molecule has 2 N–H and O–H groups in total.